The highest BCUT2D eigenvalue weighted by molar-refractivity contribution is 7.89. The van der Waals surface area contributed by atoms with Gasteiger partial charge in [-0.3, -0.25) is 0 Å². The van der Waals surface area contributed by atoms with Gasteiger partial charge >= 0.3 is 0 Å². The van der Waals surface area contributed by atoms with Gasteiger partial charge in [-0.15, -0.1) is 0 Å². The summed E-state index contributed by atoms with van der Waals surface area (Å²) in [7, 11) is -1.31. The van der Waals surface area contributed by atoms with E-state index < -0.39 is 10.0 Å². The first-order valence-corrected chi connectivity index (χ1v) is 6.82. The summed E-state index contributed by atoms with van der Waals surface area (Å²) in [6, 6.07) is 0. The van der Waals surface area contributed by atoms with Crippen molar-refractivity contribution >= 4 is 10.0 Å². The van der Waals surface area contributed by atoms with E-state index in [1.807, 2.05) is 6.92 Å². The molecule has 0 spiro atoms. The smallest absolute Gasteiger partial charge is 0.213 e. The molecule has 1 rings (SSSR count). The highest BCUT2D eigenvalue weighted by Gasteiger charge is 2.22. The molecule has 1 aliphatic heterocycles. The molecule has 84 valence electrons. The van der Waals surface area contributed by atoms with Crippen LogP contribution in [0.4, 0.5) is 0 Å². The predicted octanol–water partition coefficient (Wildman–Crippen LogP) is 0.267. The predicted molar refractivity (Wildman–Crippen MR) is 57.7 cm³/mol. The summed E-state index contributed by atoms with van der Waals surface area (Å²) in [5.74, 6) is 0.760. The molecule has 4 nitrogen and oxygen atoms in total. The van der Waals surface area contributed by atoms with Crippen LogP contribution in [-0.4, -0.2) is 45.2 Å². The highest BCUT2D eigenvalue weighted by atomic mass is 32.2. The zero-order chi connectivity index (χ0) is 10.6. The third-order valence-corrected chi connectivity index (χ3v) is 4.64. The van der Waals surface area contributed by atoms with Gasteiger partial charge < -0.3 is 5.32 Å². The summed E-state index contributed by atoms with van der Waals surface area (Å²) in [4.78, 5) is 0. The molecule has 0 aromatic carbocycles. The Morgan fingerprint density at radius 3 is 2.71 bits per heavy atom. The molecule has 1 heterocycles. The molecule has 1 saturated heterocycles. The van der Waals surface area contributed by atoms with Crippen LogP contribution in [0.2, 0.25) is 0 Å². The summed E-state index contributed by atoms with van der Waals surface area (Å²) in [6.07, 6.45) is 1.78. The largest absolute Gasteiger partial charge is 0.316 e. The maximum absolute atomic E-state index is 11.6. The van der Waals surface area contributed by atoms with Gasteiger partial charge in [-0.1, -0.05) is 6.92 Å². The zero-order valence-corrected chi connectivity index (χ0v) is 9.81. The van der Waals surface area contributed by atoms with Crippen molar-refractivity contribution in [3.63, 3.8) is 0 Å². The normalized spacial score (nSPS) is 23.2. The lowest BCUT2D eigenvalue weighted by atomic mass is 10.1. The van der Waals surface area contributed by atoms with Crippen molar-refractivity contribution in [2.75, 3.05) is 32.4 Å². The Morgan fingerprint density at radius 1 is 1.50 bits per heavy atom. The van der Waals surface area contributed by atoms with Crippen molar-refractivity contribution in [1.29, 1.82) is 0 Å². The molecule has 1 fully saturated rings. The fourth-order valence-corrected chi connectivity index (χ4v) is 3.03. The maximum Gasteiger partial charge on any atom is 0.213 e. The lowest BCUT2D eigenvalue weighted by Crippen LogP contribution is -2.34. The van der Waals surface area contributed by atoms with Crippen LogP contribution in [0.3, 0.4) is 0 Å². The van der Waals surface area contributed by atoms with Crippen molar-refractivity contribution in [2.45, 2.75) is 19.8 Å². The third-order valence-electron chi connectivity index (χ3n) is 2.61. The van der Waals surface area contributed by atoms with Crippen LogP contribution in [0, 0.1) is 5.92 Å². The van der Waals surface area contributed by atoms with E-state index in [2.05, 4.69) is 5.32 Å². The van der Waals surface area contributed by atoms with E-state index in [1.54, 1.807) is 7.05 Å². The van der Waals surface area contributed by atoms with Crippen LogP contribution >= 0.6 is 0 Å². The molecule has 1 unspecified atom stereocenters. The molecule has 0 amide bonds. The average molecular weight is 220 g/mol. The average Bonchev–Trinajstić information content (AvgIpc) is 2.56. The maximum atomic E-state index is 11.6. The summed E-state index contributed by atoms with van der Waals surface area (Å²) < 4.78 is 24.8. The van der Waals surface area contributed by atoms with Crippen molar-refractivity contribution in [3.8, 4) is 0 Å². The van der Waals surface area contributed by atoms with Gasteiger partial charge in [0.15, 0.2) is 0 Å². The number of hydrogen-bond donors (Lipinski definition) is 1. The second-order valence-corrected chi connectivity index (χ2v) is 6.15. The second-order valence-electron chi connectivity index (χ2n) is 3.96. The van der Waals surface area contributed by atoms with E-state index in [-0.39, 0.29) is 5.75 Å². The Kier molecular flexibility index (Phi) is 4.34. The van der Waals surface area contributed by atoms with Gasteiger partial charge in [-0.05, 0) is 31.8 Å². The van der Waals surface area contributed by atoms with E-state index in [9.17, 15) is 8.42 Å². The fraction of sp³-hybridized carbons (Fsp3) is 1.00. The van der Waals surface area contributed by atoms with Gasteiger partial charge in [0.25, 0.3) is 0 Å². The summed E-state index contributed by atoms with van der Waals surface area (Å²) in [6.45, 7) is 4.52. The lowest BCUT2D eigenvalue weighted by molar-refractivity contribution is 0.399. The van der Waals surface area contributed by atoms with Crippen LogP contribution in [0.5, 0.6) is 0 Å². The molecule has 1 atom stereocenters. The summed E-state index contributed by atoms with van der Waals surface area (Å²) in [5, 5.41) is 3.24. The Bertz CT molecular complexity index is 258. The fourth-order valence-electron chi connectivity index (χ4n) is 1.76. The van der Waals surface area contributed by atoms with Crippen molar-refractivity contribution in [2.24, 2.45) is 5.92 Å². The monoisotopic (exact) mass is 220 g/mol. The third kappa shape index (κ3) is 3.22. The SMILES string of the molecule is CCCS(=O)(=O)N(C)CC1CCNC1. The van der Waals surface area contributed by atoms with Crippen molar-refractivity contribution in [3.05, 3.63) is 0 Å². The van der Waals surface area contributed by atoms with Crippen LogP contribution in [0.25, 0.3) is 0 Å². The van der Waals surface area contributed by atoms with Gasteiger partial charge in [0, 0.05) is 13.6 Å². The standard InChI is InChI=1S/C9H20N2O2S/c1-3-6-14(12,13)11(2)8-9-4-5-10-7-9/h9-10H,3-8H2,1-2H3. The van der Waals surface area contributed by atoms with Gasteiger partial charge in [0.1, 0.15) is 0 Å². The topological polar surface area (TPSA) is 49.4 Å². The number of nitrogens with one attached hydrogen (secondary N) is 1. The van der Waals surface area contributed by atoms with Gasteiger partial charge in [0.2, 0.25) is 10.0 Å². The summed E-state index contributed by atoms with van der Waals surface area (Å²) in [5.41, 5.74) is 0. The minimum Gasteiger partial charge on any atom is -0.316 e. The molecule has 0 saturated carbocycles. The molecule has 0 aromatic heterocycles. The van der Waals surface area contributed by atoms with Gasteiger partial charge in [-0.25, -0.2) is 12.7 Å². The minimum absolute atomic E-state index is 0.268. The quantitative estimate of drug-likeness (QED) is 0.723. The van der Waals surface area contributed by atoms with Crippen LogP contribution < -0.4 is 5.32 Å². The van der Waals surface area contributed by atoms with Crippen LogP contribution in [-0.2, 0) is 10.0 Å². The summed E-state index contributed by atoms with van der Waals surface area (Å²) >= 11 is 0. The molecule has 1 aliphatic rings. The lowest BCUT2D eigenvalue weighted by Gasteiger charge is -2.19. The Balaban J connectivity index is 2.43. The van der Waals surface area contributed by atoms with Gasteiger partial charge in [0.05, 0.1) is 5.75 Å². The van der Waals surface area contributed by atoms with Crippen LogP contribution in [0.15, 0.2) is 0 Å². The second kappa shape index (κ2) is 5.09. The Hall–Kier alpha value is -0.130. The Morgan fingerprint density at radius 2 is 2.21 bits per heavy atom. The van der Waals surface area contributed by atoms with E-state index in [0.717, 1.165) is 19.5 Å². The number of hydrogen-bond acceptors (Lipinski definition) is 3. The zero-order valence-electron chi connectivity index (χ0n) is 8.99. The van der Waals surface area contributed by atoms with Gasteiger partial charge in [-0.2, -0.15) is 0 Å². The minimum atomic E-state index is -2.99. The molecule has 5 heteroatoms. The molecule has 1 N–H and O–H groups in total. The first-order valence-electron chi connectivity index (χ1n) is 5.21. The molecule has 0 aromatic rings. The number of sulfonamides is 1. The van der Waals surface area contributed by atoms with E-state index >= 15 is 0 Å². The molecule has 0 aliphatic carbocycles. The molecular formula is C9H20N2O2S. The molecule has 0 radical (unpaired) electrons. The molecular weight excluding hydrogens is 200 g/mol. The number of nitrogens with zero attached hydrogens (tertiary/aromatic N) is 1. The molecule has 0 bridgehead atoms. The number of rotatable bonds is 5. The first kappa shape index (κ1) is 11.9. The first-order chi connectivity index (χ1) is 6.56. The molecule has 14 heavy (non-hydrogen) atoms. The Labute approximate surface area is 86.7 Å². The highest BCUT2D eigenvalue weighted by Crippen LogP contribution is 2.11. The van der Waals surface area contributed by atoms with E-state index in [0.29, 0.717) is 18.9 Å². The van der Waals surface area contributed by atoms with E-state index in [4.69, 9.17) is 0 Å². The van der Waals surface area contributed by atoms with Crippen LogP contribution in [0.1, 0.15) is 19.8 Å². The van der Waals surface area contributed by atoms with E-state index in [1.165, 1.54) is 4.31 Å². The van der Waals surface area contributed by atoms with Crippen molar-refractivity contribution in [1.82, 2.24) is 9.62 Å². The van der Waals surface area contributed by atoms with Crippen molar-refractivity contribution < 1.29 is 8.42 Å².